The molecular weight excluding hydrogens is 252 g/mol. The molecule has 0 bridgehead atoms. The van der Waals surface area contributed by atoms with Gasteiger partial charge in [-0.1, -0.05) is 13.0 Å². The molecule has 2 aromatic rings. The summed E-state index contributed by atoms with van der Waals surface area (Å²) in [6, 6.07) is 5.88. The van der Waals surface area contributed by atoms with E-state index in [1.807, 2.05) is 36.0 Å². The maximum absolute atomic E-state index is 11.6. The lowest BCUT2D eigenvalue weighted by atomic mass is 9.93. The smallest absolute Gasteiger partial charge is 0.220 e. The molecule has 0 saturated heterocycles. The summed E-state index contributed by atoms with van der Waals surface area (Å²) in [6.07, 6.45) is 7.16. The summed E-state index contributed by atoms with van der Waals surface area (Å²) in [5, 5.41) is 7.53. The van der Waals surface area contributed by atoms with Gasteiger partial charge in [0.15, 0.2) is 5.82 Å². The zero-order valence-corrected chi connectivity index (χ0v) is 11.5. The maximum atomic E-state index is 11.6. The molecule has 1 amide bonds. The van der Waals surface area contributed by atoms with Gasteiger partial charge in [-0.15, -0.1) is 0 Å². The van der Waals surface area contributed by atoms with Crippen molar-refractivity contribution >= 4 is 5.91 Å². The normalized spacial score (nSPS) is 17.6. The van der Waals surface area contributed by atoms with Gasteiger partial charge in [0.25, 0.3) is 0 Å². The van der Waals surface area contributed by atoms with Crippen LogP contribution in [0, 0.1) is 0 Å². The molecule has 0 spiro atoms. The number of nitrogens with one attached hydrogen (secondary N) is 1. The van der Waals surface area contributed by atoms with Gasteiger partial charge in [-0.05, 0) is 31.4 Å². The van der Waals surface area contributed by atoms with Crippen LogP contribution in [0.5, 0.6) is 0 Å². The van der Waals surface area contributed by atoms with Crippen LogP contribution in [0.15, 0.2) is 30.6 Å². The first-order valence-corrected chi connectivity index (χ1v) is 7.07. The number of rotatable bonds is 3. The monoisotopic (exact) mass is 270 g/mol. The number of pyridine rings is 1. The minimum Gasteiger partial charge on any atom is -0.349 e. The summed E-state index contributed by atoms with van der Waals surface area (Å²) in [4.78, 5) is 16.0. The Morgan fingerprint density at radius 3 is 3.15 bits per heavy atom. The van der Waals surface area contributed by atoms with Gasteiger partial charge < -0.3 is 5.32 Å². The lowest BCUT2D eigenvalue weighted by Crippen LogP contribution is -2.30. The molecular formula is C15H18N4O. The highest BCUT2D eigenvalue weighted by Gasteiger charge is 2.25. The number of hydrogen-bond donors (Lipinski definition) is 1. The van der Waals surface area contributed by atoms with Crippen molar-refractivity contribution < 1.29 is 4.79 Å². The van der Waals surface area contributed by atoms with Crippen LogP contribution >= 0.6 is 0 Å². The van der Waals surface area contributed by atoms with Crippen LogP contribution in [0.1, 0.15) is 43.5 Å². The van der Waals surface area contributed by atoms with Crippen LogP contribution in [0.4, 0.5) is 0 Å². The molecule has 5 heteroatoms. The highest BCUT2D eigenvalue weighted by molar-refractivity contribution is 5.76. The van der Waals surface area contributed by atoms with Crippen molar-refractivity contribution in [2.24, 2.45) is 0 Å². The first-order valence-electron chi connectivity index (χ1n) is 7.07. The Balaban J connectivity index is 1.93. The van der Waals surface area contributed by atoms with E-state index < -0.39 is 0 Å². The molecule has 1 aliphatic carbocycles. The summed E-state index contributed by atoms with van der Waals surface area (Å²) in [5.74, 6) is 0.921. The van der Waals surface area contributed by atoms with Gasteiger partial charge in [0, 0.05) is 18.2 Å². The fourth-order valence-corrected chi connectivity index (χ4v) is 2.68. The third-order valence-corrected chi connectivity index (χ3v) is 3.71. The number of carbonyl (C=O) groups is 1. The van der Waals surface area contributed by atoms with Crippen molar-refractivity contribution in [2.45, 2.75) is 38.6 Å². The largest absolute Gasteiger partial charge is 0.349 e. The highest BCUT2D eigenvalue weighted by atomic mass is 16.1. The number of carbonyl (C=O) groups excluding carboxylic acids is 1. The number of aromatic nitrogens is 3. The first kappa shape index (κ1) is 12.8. The molecule has 0 aliphatic heterocycles. The Hall–Kier alpha value is -2.17. The molecule has 0 radical (unpaired) electrons. The summed E-state index contributed by atoms with van der Waals surface area (Å²) < 4.78 is 1.89. The average molecular weight is 270 g/mol. The van der Waals surface area contributed by atoms with E-state index in [-0.39, 0.29) is 11.9 Å². The van der Waals surface area contributed by atoms with Gasteiger partial charge in [0.2, 0.25) is 5.91 Å². The van der Waals surface area contributed by atoms with Crippen molar-refractivity contribution in [3.8, 4) is 5.82 Å². The lowest BCUT2D eigenvalue weighted by molar-refractivity contribution is -0.121. The minimum absolute atomic E-state index is 0.0867. The van der Waals surface area contributed by atoms with E-state index in [1.54, 1.807) is 6.20 Å². The van der Waals surface area contributed by atoms with Gasteiger partial charge in [-0.3, -0.25) is 4.79 Å². The molecule has 5 nitrogen and oxygen atoms in total. The van der Waals surface area contributed by atoms with E-state index in [0.717, 1.165) is 36.3 Å². The second-order valence-corrected chi connectivity index (χ2v) is 5.01. The van der Waals surface area contributed by atoms with Crippen molar-refractivity contribution in [1.82, 2.24) is 20.1 Å². The standard InChI is InChI=1S/C15H18N4O/c1-2-15(20)18-12-6-5-7-13-11(12)10-17-19(13)14-8-3-4-9-16-14/h3-4,8-10,12H,2,5-7H2,1H3,(H,18,20)/t12-/m0/s1. The number of hydrogen-bond acceptors (Lipinski definition) is 3. The molecule has 20 heavy (non-hydrogen) atoms. The molecule has 1 atom stereocenters. The van der Waals surface area contributed by atoms with Crippen LogP contribution < -0.4 is 5.32 Å². The summed E-state index contributed by atoms with van der Waals surface area (Å²) in [7, 11) is 0. The number of amides is 1. The van der Waals surface area contributed by atoms with E-state index in [9.17, 15) is 4.79 Å². The topological polar surface area (TPSA) is 59.8 Å². The SMILES string of the molecule is CCC(=O)N[C@H]1CCCc2c1cnn2-c1ccccn1. The Morgan fingerprint density at radius 1 is 1.50 bits per heavy atom. The van der Waals surface area contributed by atoms with Gasteiger partial charge >= 0.3 is 0 Å². The third-order valence-electron chi connectivity index (χ3n) is 3.71. The Kier molecular flexibility index (Phi) is 3.50. The highest BCUT2D eigenvalue weighted by Crippen LogP contribution is 2.30. The quantitative estimate of drug-likeness (QED) is 0.930. The van der Waals surface area contributed by atoms with E-state index >= 15 is 0 Å². The average Bonchev–Trinajstić information content (AvgIpc) is 2.93. The van der Waals surface area contributed by atoms with E-state index in [1.165, 1.54) is 0 Å². The molecule has 0 saturated carbocycles. The van der Waals surface area contributed by atoms with Gasteiger partial charge in [0.1, 0.15) is 0 Å². The van der Waals surface area contributed by atoms with Crippen LogP contribution in [0.2, 0.25) is 0 Å². The summed E-state index contributed by atoms with van der Waals surface area (Å²) in [6.45, 7) is 1.87. The van der Waals surface area contributed by atoms with E-state index in [4.69, 9.17) is 0 Å². The Labute approximate surface area is 118 Å². The molecule has 2 aromatic heterocycles. The molecule has 0 unspecified atom stereocenters. The summed E-state index contributed by atoms with van der Waals surface area (Å²) >= 11 is 0. The van der Waals surface area contributed by atoms with Gasteiger partial charge in [0.05, 0.1) is 17.9 Å². The number of nitrogens with zero attached hydrogens (tertiary/aromatic N) is 3. The lowest BCUT2D eigenvalue weighted by Gasteiger charge is -2.23. The molecule has 1 aliphatic rings. The molecule has 0 aromatic carbocycles. The first-order chi connectivity index (χ1) is 9.79. The molecule has 0 fully saturated rings. The maximum Gasteiger partial charge on any atom is 0.220 e. The predicted octanol–water partition coefficient (Wildman–Crippen LogP) is 2.17. The zero-order valence-electron chi connectivity index (χ0n) is 11.5. The van der Waals surface area contributed by atoms with Crippen LogP contribution in [0.25, 0.3) is 5.82 Å². The molecule has 1 N–H and O–H groups in total. The minimum atomic E-state index is 0.0867. The second-order valence-electron chi connectivity index (χ2n) is 5.01. The Bertz CT molecular complexity index is 606. The Morgan fingerprint density at radius 2 is 2.40 bits per heavy atom. The van der Waals surface area contributed by atoms with Crippen LogP contribution in [-0.2, 0) is 11.2 Å². The molecule has 2 heterocycles. The van der Waals surface area contributed by atoms with E-state index in [2.05, 4.69) is 15.4 Å². The fourth-order valence-electron chi connectivity index (χ4n) is 2.68. The van der Waals surface area contributed by atoms with Crippen LogP contribution in [0.3, 0.4) is 0 Å². The second kappa shape index (κ2) is 5.45. The van der Waals surface area contributed by atoms with Gasteiger partial charge in [-0.2, -0.15) is 5.10 Å². The van der Waals surface area contributed by atoms with Crippen molar-refractivity contribution in [3.05, 3.63) is 41.9 Å². The van der Waals surface area contributed by atoms with Crippen molar-refractivity contribution in [2.75, 3.05) is 0 Å². The van der Waals surface area contributed by atoms with Crippen molar-refractivity contribution in [3.63, 3.8) is 0 Å². The predicted molar refractivity (Wildman–Crippen MR) is 75.5 cm³/mol. The van der Waals surface area contributed by atoms with Crippen molar-refractivity contribution in [1.29, 1.82) is 0 Å². The molecule has 3 rings (SSSR count). The van der Waals surface area contributed by atoms with Gasteiger partial charge in [-0.25, -0.2) is 9.67 Å². The summed E-state index contributed by atoms with van der Waals surface area (Å²) in [5.41, 5.74) is 2.29. The fraction of sp³-hybridized carbons (Fsp3) is 0.400. The van der Waals surface area contributed by atoms with E-state index in [0.29, 0.717) is 6.42 Å². The zero-order chi connectivity index (χ0) is 13.9. The molecule has 104 valence electrons. The third kappa shape index (κ3) is 2.31. The van der Waals surface area contributed by atoms with Crippen LogP contribution in [-0.4, -0.2) is 20.7 Å². The number of fused-ring (bicyclic) bond motifs is 1.